The molecular weight excluding hydrogens is 268 g/mol. The van der Waals surface area contributed by atoms with Gasteiger partial charge in [-0.1, -0.05) is 19.3 Å². The zero-order valence-corrected chi connectivity index (χ0v) is 12.8. The highest BCUT2D eigenvalue weighted by Gasteiger charge is 2.49. The van der Waals surface area contributed by atoms with Crippen molar-refractivity contribution in [3.8, 4) is 0 Å². The summed E-state index contributed by atoms with van der Waals surface area (Å²) in [5.74, 6) is 0.574. The maximum absolute atomic E-state index is 12.5. The van der Waals surface area contributed by atoms with Crippen LogP contribution in [0.3, 0.4) is 0 Å². The molecule has 0 radical (unpaired) electrons. The largest absolute Gasteiger partial charge is 0.480 e. The number of urea groups is 1. The monoisotopic (exact) mass is 294 g/mol. The van der Waals surface area contributed by atoms with Gasteiger partial charge in [-0.25, -0.2) is 9.59 Å². The van der Waals surface area contributed by atoms with Gasteiger partial charge in [-0.15, -0.1) is 0 Å². The molecule has 3 unspecified atom stereocenters. The lowest BCUT2D eigenvalue weighted by Gasteiger charge is -2.42. The first kappa shape index (κ1) is 14.7. The number of aliphatic carboxylic acids is 1. The van der Waals surface area contributed by atoms with Crippen molar-refractivity contribution in [3.05, 3.63) is 0 Å². The second-order valence-electron chi connectivity index (χ2n) is 7.25. The van der Waals surface area contributed by atoms with Gasteiger partial charge in [0.15, 0.2) is 0 Å². The standard InChI is InChI=1S/C16H26N2O3/c1-16(14(19)20,13-6-7-13)17-15(21)18-9-8-11-4-2-3-5-12(11)10-18/h11-13H,2-10H2,1H3,(H,17,21)(H,19,20). The zero-order valence-electron chi connectivity index (χ0n) is 12.8. The second-order valence-corrected chi connectivity index (χ2v) is 7.25. The topological polar surface area (TPSA) is 69.6 Å². The highest BCUT2D eigenvalue weighted by molar-refractivity contribution is 5.86. The van der Waals surface area contributed by atoms with Crippen LogP contribution in [-0.4, -0.2) is 40.6 Å². The van der Waals surface area contributed by atoms with E-state index in [1.807, 2.05) is 4.90 Å². The number of fused-ring (bicyclic) bond motifs is 1. The van der Waals surface area contributed by atoms with Crippen molar-refractivity contribution in [2.24, 2.45) is 17.8 Å². The Morgan fingerprint density at radius 2 is 1.76 bits per heavy atom. The summed E-state index contributed by atoms with van der Waals surface area (Å²) < 4.78 is 0. The summed E-state index contributed by atoms with van der Waals surface area (Å²) in [4.78, 5) is 25.8. The van der Waals surface area contributed by atoms with Crippen molar-refractivity contribution in [2.45, 2.75) is 57.4 Å². The molecule has 2 N–H and O–H groups in total. The number of nitrogens with one attached hydrogen (secondary N) is 1. The molecule has 3 rings (SSSR count). The average Bonchev–Trinajstić information content (AvgIpc) is 3.31. The van der Waals surface area contributed by atoms with E-state index in [2.05, 4.69) is 5.32 Å². The highest BCUT2D eigenvalue weighted by Crippen LogP contribution is 2.40. The van der Waals surface area contributed by atoms with Gasteiger partial charge < -0.3 is 15.3 Å². The molecular formula is C16H26N2O3. The molecule has 1 aliphatic heterocycles. The third-order valence-corrected chi connectivity index (χ3v) is 5.78. The molecule has 1 heterocycles. The molecule has 3 atom stereocenters. The summed E-state index contributed by atoms with van der Waals surface area (Å²) in [6.45, 7) is 3.22. The minimum Gasteiger partial charge on any atom is -0.480 e. The Labute approximate surface area is 126 Å². The van der Waals surface area contributed by atoms with Gasteiger partial charge in [0, 0.05) is 13.1 Å². The Hall–Kier alpha value is -1.26. The van der Waals surface area contributed by atoms with Crippen LogP contribution in [-0.2, 0) is 4.79 Å². The molecule has 3 aliphatic rings. The lowest BCUT2D eigenvalue weighted by atomic mass is 9.75. The van der Waals surface area contributed by atoms with Crippen LogP contribution >= 0.6 is 0 Å². The number of hydrogen-bond acceptors (Lipinski definition) is 2. The van der Waals surface area contributed by atoms with Crippen LogP contribution in [0.5, 0.6) is 0 Å². The van der Waals surface area contributed by atoms with E-state index in [0.717, 1.165) is 38.3 Å². The fourth-order valence-electron chi connectivity index (χ4n) is 4.08. The number of amides is 2. The Bertz CT molecular complexity index is 435. The van der Waals surface area contributed by atoms with Gasteiger partial charge in [0.25, 0.3) is 0 Å². The predicted molar refractivity (Wildman–Crippen MR) is 78.9 cm³/mol. The molecule has 118 valence electrons. The summed E-state index contributed by atoms with van der Waals surface area (Å²) in [6.07, 6.45) is 7.98. The van der Waals surface area contributed by atoms with E-state index >= 15 is 0 Å². The van der Waals surface area contributed by atoms with Crippen LogP contribution in [0, 0.1) is 17.8 Å². The van der Waals surface area contributed by atoms with Crippen LogP contribution in [0.2, 0.25) is 0 Å². The number of carbonyl (C=O) groups is 2. The lowest BCUT2D eigenvalue weighted by Crippen LogP contribution is -2.59. The van der Waals surface area contributed by atoms with E-state index in [1.54, 1.807) is 6.92 Å². The SMILES string of the molecule is CC(NC(=O)N1CCC2CCCCC2C1)(C(=O)O)C1CC1. The van der Waals surface area contributed by atoms with Gasteiger partial charge in [0.1, 0.15) is 5.54 Å². The van der Waals surface area contributed by atoms with Gasteiger partial charge in [0.05, 0.1) is 0 Å². The Kier molecular flexibility index (Phi) is 3.84. The van der Waals surface area contributed by atoms with Crippen molar-refractivity contribution in [2.75, 3.05) is 13.1 Å². The number of carboxylic acid groups (broad SMARTS) is 1. The Balaban J connectivity index is 1.61. The molecule has 0 bridgehead atoms. The molecule has 2 aliphatic carbocycles. The molecule has 1 saturated heterocycles. The summed E-state index contributed by atoms with van der Waals surface area (Å²) >= 11 is 0. The number of carboxylic acids is 1. The van der Waals surface area contributed by atoms with Crippen LogP contribution in [0.1, 0.15) is 51.9 Å². The van der Waals surface area contributed by atoms with Crippen molar-refractivity contribution in [1.29, 1.82) is 0 Å². The van der Waals surface area contributed by atoms with Crippen molar-refractivity contribution < 1.29 is 14.7 Å². The van der Waals surface area contributed by atoms with Crippen LogP contribution in [0.25, 0.3) is 0 Å². The zero-order chi connectivity index (χ0) is 15.0. The van der Waals surface area contributed by atoms with E-state index < -0.39 is 11.5 Å². The minimum absolute atomic E-state index is 0.0890. The molecule has 2 amide bonds. The van der Waals surface area contributed by atoms with Gasteiger partial charge in [-0.05, 0) is 50.4 Å². The number of carbonyl (C=O) groups excluding carboxylic acids is 1. The first-order valence-electron chi connectivity index (χ1n) is 8.31. The first-order valence-corrected chi connectivity index (χ1v) is 8.31. The second kappa shape index (κ2) is 5.50. The molecule has 3 fully saturated rings. The average molecular weight is 294 g/mol. The van der Waals surface area contributed by atoms with Crippen molar-refractivity contribution in [1.82, 2.24) is 10.2 Å². The van der Waals surface area contributed by atoms with Gasteiger partial charge >= 0.3 is 12.0 Å². The van der Waals surface area contributed by atoms with E-state index in [-0.39, 0.29) is 11.9 Å². The Morgan fingerprint density at radius 3 is 2.38 bits per heavy atom. The minimum atomic E-state index is -1.10. The van der Waals surface area contributed by atoms with Crippen LogP contribution < -0.4 is 5.32 Å². The van der Waals surface area contributed by atoms with Crippen LogP contribution in [0.15, 0.2) is 0 Å². The molecule has 0 spiro atoms. The number of likely N-dealkylation sites (tertiary alicyclic amines) is 1. The molecule has 5 heteroatoms. The molecule has 0 aromatic rings. The Morgan fingerprint density at radius 1 is 1.10 bits per heavy atom. The smallest absolute Gasteiger partial charge is 0.329 e. The van der Waals surface area contributed by atoms with Gasteiger partial charge in [0.2, 0.25) is 0 Å². The molecule has 0 aromatic heterocycles. The van der Waals surface area contributed by atoms with E-state index in [1.165, 1.54) is 25.7 Å². The normalized spacial score (nSPS) is 32.0. The first-order chi connectivity index (χ1) is 10.0. The highest BCUT2D eigenvalue weighted by atomic mass is 16.4. The maximum Gasteiger partial charge on any atom is 0.329 e. The molecule has 2 saturated carbocycles. The van der Waals surface area contributed by atoms with E-state index in [0.29, 0.717) is 5.92 Å². The molecule has 0 aromatic carbocycles. The van der Waals surface area contributed by atoms with Crippen molar-refractivity contribution in [3.63, 3.8) is 0 Å². The third-order valence-electron chi connectivity index (χ3n) is 5.78. The van der Waals surface area contributed by atoms with E-state index in [4.69, 9.17) is 0 Å². The van der Waals surface area contributed by atoms with Gasteiger partial charge in [-0.3, -0.25) is 0 Å². The summed E-state index contributed by atoms with van der Waals surface area (Å²) in [5.41, 5.74) is -1.10. The van der Waals surface area contributed by atoms with E-state index in [9.17, 15) is 14.7 Å². The summed E-state index contributed by atoms with van der Waals surface area (Å²) in [5, 5.41) is 12.3. The fraction of sp³-hybridized carbons (Fsp3) is 0.875. The van der Waals surface area contributed by atoms with Gasteiger partial charge in [-0.2, -0.15) is 0 Å². The fourth-order valence-corrected chi connectivity index (χ4v) is 4.08. The number of nitrogens with zero attached hydrogens (tertiary/aromatic N) is 1. The maximum atomic E-state index is 12.5. The summed E-state index contributed by atoms with van der Waals surface area (Å²) in [7, 11) is 0. The predicted octanol–water partition coefficient (Wildman–Crippen LogP) is 2.46. The van der Waals surface area contributed by atoms with Crippen molar-refractivity contribution >= 4 is 12.0 Å². The molecule has 5 nitrogen and oxygen atoms in total. The molecule has 21 heavy (non-hydrogen) atoms. The van der Waals surface area contributed by atoms with Crippen LogP contribution in [0.4, 0.5) is 4.79 Å². The number of rotatable bonds is 3. The number of piperidine rings is 1. The quantitative estimate of drug-likeness (QED) is 0.840. The third kappa shape index (κ3) is 2.87. The number of hydrogen-bond donors (Lipinski definition) is 2. The lowest BCUT2D eigenvalue weighted by molar-refractivity contribution is -0.144. The summed E-state index contributed by atoms with van der Waals surface area (Å²) in [6, 6.07) is -0.184.